The molecule has 0 fully saturated rings. The van der Waals surface area contributed by atoms with E-state index in [0.717, 1.165) is 24.2 Å². The minimum atomic E-state index is -0.104. The Bertz CT molecular complexity index is 432. The standard InChI is InChI=1S/C17H26O3/c1-6-20-16(18)14(17(2,3)4)12-11-13-9-7-8-10-15(13)19-5/h7-10,14H,6,11-12H2,1-5H3. The predicted molar refractivity (Wildman–Crippen MR) is 80.9 cm³/mol. The van der Waals surface area contributed by atoms with Crippen molar-refractivity contribution >= 4 is 5.97 Å². The van der Waals surface area contributed by atoms with Crippen LogP contribution < -0.4 is 4.74 Å². The van der Waals surface area contributed by atoms with Crippen LogP contribution >= 0.6 is 0 Å². The first-order valence-electron chi connectivity index (χ1n) is 7.18. The van der Waals surface area contributed by atoms with Crippen molar-refractivity contribution < 1.29 is 14.3 Å². The van der Waals surface area contributed by atoms with Gasteiger partial charge in [0.15, 0.2) is 0 Å². The van der Waals surface area contributed by atoms with Gasteiger partial charge in [0.05, 0.1) is 19.6 Å². The van der Waals surface area contributed by atoms with Crippen LogP contribution in [0.4, 0.5) is 0 Å². The summed E-state index contributed by atoms with van der Waals surface area (Å²) in [4.78, 5) is 12.1. The van der Waals surface area contributed by atoms with E-state index in [-0.39, 0.29) is 17.3 Å². The number of hydrogen-bond acceptors (Lipinski definition) is 3. The Morgan fingerprint density at radius 3 is 2.45 bits per heavy atom. The maximum atomic E-state index is 12.1. The number of hydrogen-bond donors (Lipinski definition) is 0. The number of aryl methyl sites for hydroxylation is 1. The number of para-hydroxylation sites is 1. The zero-order valence-corrected chi connectivity index (χ0v) is 13.2. The van der Waals surface area contributed by atoms with Crippen LogP contribution in [-0.4, -0.2) is 19.7 Å². The lowest BCUT2D eigenvalue weighted by Crippen LogP contribution is -2.30. The highest BCUT2D eigenvalue weighted by Crippen LogP contribution is 2.32. The first-order valence-corrected chi connectivity index (χ1v) is 7.18. The van der Waals surface area contributed by atoms with Gasteiger partial charge in [-0.3, -0.25) is 4.79 Å². The molecule has 0 radical (unpaired) electrons. The molecule has 0 bridgehead atoms. The second kappa shape index (κ2) is 7.32. The van der Waals surface area contributed by atoms with Crippen molar-refractivity contribution in [2.24, 2.45) is 11.3 Å². The van der Waals surface area contributed by atoms with E-state index in [9.17, 15) is 4.79 Å². The maximum Gasteiger partial charge on any atom is 0.309 e. The average molecular weight is 278 g/mol. The molecule has 0 heterocycles. The van der Waals surface area contributed by atoms with E-state index in [1.807, 2.05) is 31.2 Å². The van der Waals surface area contributed by atoms with Crippen molar-refractivity contribution in [3.63, 3.8) is 0 Å². The van der Waals surface area contributed by atoms with Crippen molar-refractivity contribution in [1.82, 2.24) is 0 Å². The molecule has 1 atom stereocenters. The first-order chi connectivity index (χ1) is 9.40. The van der Waals surface area contributed by atoms with Crippen LogP contribution in [0.2, 0.25) is 0 Å². The highest BCUT2D eigenvalue weighted by Gasteiger charge is 2.32. The van der Waals surface area contributed by atoms with Gasteiger partial charge in [-0.05, 0) is 36.8 Å². The molecule has 0 aliphatic carbocycles. The van der Waals surface area contributed by atoms with Crippen LogP contribution in [0.15, 0.2) is 24.3 Å². The van der Waals surface area contributed by atoms with Gasteiger partial charge in [0, 0.05) is 0 Å². The second-order valence-electron chi connectivity index (χ2n) is 6.02. The van der Waals surface area contributed by atoms with Crippen molar-refractivity contribution in [1.29, 1.82) is 0 Å². The van der Waals surface area contributed by atoms with Crippen LogP contribution in [0.5, 0.6) is 5.75 Å². The number of ether oxygens (including phenoxy) is 2. The van der Waals surface area contributed by atoms with E-state index >= 15 is 0 Å². The molecule has 1 unspecified atom stereocenters. The number of carbonyl (C=O) groups excluding carboxylic acids is 1. The molecule has 0 amide bonds. The Labute approximate surface area is 122 Å². The molecule has 1 aromatic carbocycles. The van der Waals surface area contributed by atoms with Crippen molar-refractivity contribution in [2.75, 3.05) is 13.7 Å². The normalized spacial score (nSPS) is 12.8. The SMILES string of the molecule is CCOC(=O)C(CCc1ccccc1OC)C(C)(C)C. The minimum absolute atomic E-state index is 0.102. The topological polar surface area (TPSA) is 35.5 Å². The third-order valence-electron chi connectivity index (χ3n) is 3.51. The van der Waals surface area contributed by atoms with E-state index in [1.165, 1.54) is 0 Å². The number of methoxy groups -OCH3 is 1. The van der Waals surface area contributed by atoms with Crippen molar-refractivity contribution in [3.05, 3.63) is 29.8 Å². The summed E-state index contributed by atoms with van der Waals surface area (Å²) in [5, 5.41) is 0. The largest absolute Gasteiger partial charge is 0.496 e. The molecule has 0 spiro atoms. The van der Waals surface area contributed by atoms with E-state index < -0.39 is 0 Å². The molecular weight excluding hydrogens is 252 g/mol. The second-order valence-corrected chi connectivity index (χ2v) is 6.02. The van der Waals surface area contributed by atoms with E-state index in [4.69, 9.17) is 9.47 Å². The fraction of sp³-hybridized carbons (Fsp3) is 0.588. The summed E-state index contributed by atoms with van der Waals surface area (Å²) >= 11 is 0. The molecule has 1 aromatic rings. The molecular formula is C17H26O3. The summed E-state index contributed by atoms with van der Waals surface area (Å²) in [7, 11) is 1.67. The molecule has 3 nitrogen and oxygen atoms in total. The summed E-state index contributed by atoms with van der Waals surface area (Å²) in [5.74, 6) is 0.672. The molecule has 1 rings (SSSR count). The fourth-order valence-electron chi connectivity index (χ4n) is 2.36. The van der Waals surface area contributed by atoms with E-state index in [0.29, 0.717) is 6.61 Å². The van der Waals surface area contributed by atoms with Crippen LogP contribution in [0.3, 0.4) is 0 Å². The number of carbonyl (C=O) groups is 1. The number of esters is 1. The first kappa shape index (κ1) is 16.5. The molecule has 0 saturated heterocycles. The maximum absolute atomic E-state index is 12.1. The van der Waals surface area contributed by atoms with Crippen LogP contribution in [0, 0.1) is 11.3 Å². The Kier molecular flexibility index (Phi) is 6.05. The van der Waals surface area contributed by atoms with Gasteiger partial charge in [-0.15, -0.1) is 0 Å². The predicted octanol–water partition coefficient (Wildman–Crippen LogP) is 3.85. The van der Waals surface area contributed by atoms with Gasteiger partial charge in [-0.25, -0.2) is 0 Å². The van der Waals surface area contributed by atoms with E-state index in [1.54, 1.807) is 7.11 Å². The van der Waals surface area contributed by atoms with Gasteiger partial charge < -0.3 is 9.47 Å². The highest BCUT2D eigenvalue weighted by atomic mass is 16.5. The summed E-state index contributed by atoms with van der Waals surface area (Å²) < 4.78 is 10.6. The van der Waals surface area contributed by atoms with Gasteiger partial charge in [0.25, 0.3) is 0 Å². The minimum Gasteiger partial charge on any atom is -0.496 e. The lowest BCUT2D eigenvalue weighted by Gasteiger charge is -2.29. The van der Waals surface area contributed by atoms with Gasteiger partial charge in [-0.2, -0.15) is 0 Å². The third kappa shape index (κ3) is 4.55. The molecule has 0 aliphatic heterocycles. The molecule has 20 heavy (non-hydrogen) atoms. The van der Waals surface area contributed by atoms with Gasteiger partial charge >= 0.3 is 5.97 Å². The summed E-state index contributed by atoms with van der Waals surface area (Å²) in [6.45, 7) is 8.52. The van der Waals surface area contributed by atoms with Gasteiger partial charge in [-0.1, -0.05) is 39.0 Å². The molecule has 0 aromatic heterocycles. The monoisotopic (exact) mass is 278 g/mol. The Morgan fingerprint density at radius 2 is 1.90 bits per heavy atom. The Balaban J connectivity index is 2.79. The smallest absolute Gasteiger partial charge is 0.309 e. The molecule has 112 valence electrons. The summed E-state index contributed by atoms with van der Waals surface area (Å²) in [5.41, 5.74) is 1.03. The Hall–Kier alpha value is -1.51. The summed E-state index contributed by atoms with van der Waals surface area (Å²) in [6.07, 6.45) is 1.58. The quantitative estimate of drug-likeness (QED) is 0.741. The van der Waals surface area contributed by atoms with Crippen LogP contribution in [-0.2, 0) is 16.0 Å². The van der Waals surface area contributed by atoms with Crippen LogP contribution in [0.1, 0.15) is 39.7 Å². The van der Waals surface area contributed by atoms with Gasteiger partial charge in [0.1, 0.15) is 5.75 Å². The molecule has 0 N–H and O–H groups in total. The lowest BCUT2D eigenvalue weighted by atomic mass is 9.77. The van der Waals surface area contributed by atoms with Crippen molar-refractivity contribution in [3.8, 4) is 5.75 Å². The average Bonchev–Trinajstić information content (AvgIpc) is 2.38. The van der Waals surface area contributed by atoms with Gasteiger partial charge in [0.2, 0.25) is 0 Å². The fourth-order valence-corrected chi connectivity index (χ4v) is 2.36. The summed E-state index contributed by atoms with van der Waals surface area (Å²) in [6, 6.07) is 7.94. The third-order valence-corrected chi connectivity index (χ3v) is 3.51. The van der Waals surface area contributed by atoms with Crippen LogP contribution in [0.25, 0.3) is 0 Å². The lowest BCUT2D eigenvalue weighted by molar-refractivity contribution is -0.152. The van der Waals surface area contributed by atoms with Crippen molar-refractivity contribution in [2.45, 2.75) is 40.5 Å². The molecule has 0 saturated carbocycles. The number of benzene rings is 1. The zero-order chi connectivity index (χ0) is 15.2. The molecule has 3 heteroatoms. The number of rotatable bonds is 6. The Morgan fingerprint density at radius 1 is 1.25 bits per heavy atom. The zero-order valence-electron chi connectivity index (χ0n) is 13.2. The molecule has 0 aliphatic rings. The highest BCUT2D eigenvalue weighted by molar-refractivity contribution is 5.73. The van der Waals surface area contributed by atoms with E-state index in [2.05, 4.69) is 20.8 Å².